The minimum Gasteiger partial charge on any atom is -0.508 e. The van der Waals surface area contributed by atoms with Gasteiger partial charge in [-0.15, -0.1) is 6.58 Å². The number of aromatic nitrogens is 2. The number of nitrogens with one attached hydrogen (secondary N) is 2. The van der Waals surface area contributed by atoms with Crippen LogP contribution >= 0.6 is 0 Å². The zero-order chi connectivity index (χ0) is 55.4. The number of amides is 3. The number of rotatable bonds is 13. The van der Waals surface area contributed by atoms with Crippen LogP contribution in [0.1, 0.15) is 94.7 Å². The second kappa shape index (κ2) is 22.2. The Kier molecular flexibility index (Phi) is 15.2. The lowest BCUT2D eigenvalue weighted by atomic mass is 9.84. The van der Waals surface area contributed by atoms with Gasteiger partial charge in [0.25, 0.3) is 11.8 Å². The van der Waals surface area contributed by atoms with Crippen molar-refractivity contribution in [1.29, 1.82) is 0 Å². The van der Waals surface area contributed by atoms with E-state index in [0.717, 1.165) is 88.4 Å². The molecule has 16 heteroatoms. The average molecular weight is 1080 g/mol. The summed E-state index contributed by atoms with van der Waals surface area (Å²) in [5, 5.41) is 17.2. The standard InChI is InChI=1S/C63H78N8O8/c1-9-37(3)56(67(7)61(75)58-51(35-78-58)40-15-12-11-13-16-40)59(73)65-52-27-39-25-42(28-46(72)26-39)41-19-20-53-48(29-41)50(32-63(5,6)36-79-62(76)55-47-30-43(47)34-71(66-55)60(52)74)57(70(53)10-2)49-31-45(33-64-54(49)38(4)77-8)69-23-21-68(22-24-69)44-17-14-18-44/h9,11-13,15-16,19-20,25-26,28-29,31,33,37-38,43-44,47,51-52,55-56,58,66,72H,1,10,14,17-18,21-24,27,30,32,34-36H2,2-8H3,(H,65,73)/t37-,38+,43?,47+,51-,52+,55+,56+,58-/m1/s1. The van der Waals surface area contributed by atoms with Crippen molar-refractivity contribution < 1.29 is 38.5 Å². The van der Waals surface area contributed by atoms with Gasteiger partial charge in [0.05, 0.1) is 42.6 Å². The van der Waals surface area contributed by atoms with Crippen molar-refractivity contribution in [2.45, 2.75) is 122 Å². The molecule has 5 aromatic rings. The van der Waals surface area contributed by atoms with E-state index in [2.05, 4.69) is 76.7 Å². The third-order valence-corrected chi connectivity index (χ3v) is 18.1. The van der Waals surface area contributed by atoms with Crippen LogP contribution in [0.4, 0.5) is 5.69 Å². The van der Waals surface area contributed by atoms with Gasteiger partial charge in [-0.3, -0.25) is 34.1 Å². The predicted octanol–water partition coefficient (Wildman–Crippen LogP) is 7.81. The summed E-state index contributed by atoms with van der Waals surface area (Å²) in [5.41, 5.74) is 11.9. The second-order valence-corrected chi connectivity index (χ2v) is 24.0. The number of carbonyl (C=O) groups is 4. The molecule has 6 heterocycles. The summed E-state index contributed by atoms with van der Waals surface area (Å²) in [5.74, 6) is -2.46. The van der Waals surface area contributed by atoms with Gasteiger partial charge in [-0.05, 0) is 110 Å². The van der Waals surface area contributed by atoms with Crippen molar-refractivity contribution in [2.75, 3.05) is 65.0 Å². The monoisotopic (exact) mass is 1070 g/mol. The highest BCUT2D eigenvalue weighted by Gasteiger charge is 2.53. The van der Waals surface area contributed by atoms with Gasteiger partial charge in [0.15, 0.2) is 0 Å². The number of pyridine rings is 1. The molecular formula is C63H78N8O8. The minimum absolute atomic E-state index is 0.000936. The molecule has 6 aliphatic rings. The number of methoxy groups -OCH3 is 1. The van der Waals surface area contributed by atoms with Crippen molar-refractivity contribution in [3.63, 3.8) is 0 Å². The molecule has 4 aliphatic heterocycles. The largest absolute Gasteiger partial charge is 0.508 e. The van der Waals surface area contributed by atoms with Crippen LogP contribution in [0.15, 0.2) is 91.6 Å². The molecular weight excluding hydrogens is 997 g/mol. The molecule has 3 amide bonds. The second-order valence-electron chi connectivity index (χ2n) is 24.0. The van der Waals surface area contributed by atoms with Crippen molar-refractivity contribution in [3.8, 4) is 28.1 Å². The number of fused-ring (bicyclic) bond motifs is 8. The van der Waals surface area contributed by atoms with Crippen LogP contribution < -0.4 is 15.6 Å². The smallest absolute Gasteiger partial charge is 0.325 e. The highest BCUT2D eigenvalue weighted by Crippen LogP contribution is 2.47. The fourth-order valence-corrected chi connectivity index (χ4v) is 13.1. The summed E-state index contributed by atoms with van der Waals surface area (Å²) in [6.07, 6.45) is 7.68. The van der Waals surface area contributed by atoms with E-state index < -0.39 is 53.3 Å². The summed E-state index contributed by atoms with van der Waals surface area (Å²) in [4.78, 5) is 70.5. The number of hydrazine groups is 1. The zero-order valence-corrected chi connectivity index (χ0v) is 47.0. The molecule has 11 rings (SSSR count). The van der Waals surface area contributed by atoms with Gasteiger partial charge < -0.3 is 39.0 Å². The van der Waals surface area contributed by atoms with Gasteiger partial charge >= 0.3 is 5.97 Å². The highest BCUT2D eigenvalue weighted by molar-refractivity contribution is 5.97. The summed E-state index contributed by atoms with van der Waals surface area (Å²) >= 11 is 0. The average Bonchev–Trinajstić information content (AvgIpc) is 4.39. The number of nitrogens with zero attached hydrogens (tertiary/aromatic N) is 6. The van der Waals surface area contributed by atoms with E-state index in [-0.39, 0.29) is 48.5 Å². The Hall–Kier alpha value is -6.59. The molecule has 3 saturated heterocycles. The number of anilines is 1. The van der Waals surface area contributed by atoms with Gasteiger partial charge in [-0.1, -0.05) is 75.7 Å². The van der Waals surface area contributed by atoms with E-state index in [1.54, 1.807) is 32.4 Å². The zero-order valence-electron chi connectivity index (χ0n) is 47.0. The number of aryl methyl sites for hydroxylation is 1. The maximum absolute atomic E-state index is 15.1. The summed E-state index contributed by atoms with van der Waals surface area (Å²) in [6, 6.07) is 21.4. The number of likely N-dealkylation sites (N-methyl/N-ethyl adjacent to an activating group) is 1. The highest BCUT2D eigenvalue weighted by atomic mass is 16.5. The number of piperazine rings is 1. The fourth-order valence-electron chi connectivity index (χ4n) is 13.1. The van der Waals surface area contributed by atoms with Gasteiger partial charge in [0.1, 0.15) is 30.0 Å². The van der Waals surface area contributed by atoms with Gasteiger partial charge in [-0.2, -0.15) is 0 Å². The first-order chi connectivity index (χ1) is 38.0. The maximum Gasteiger partial charge on any atom is 0.325 e. The third kappa shape index (κ3) is 10.7. The SMILES string of the molecule is C=C[C@@H](C)[C@@H](C(=O)N[C@H]1Cc2cc(O)cc(c2)-c2ccc3c(c2)c(c(-c2cc(N4CCN(C5CCC5)CC4)cnc2[C@H](C)OC)n3CC)CC(C)(C)COC(=O)[C@H]2NN(CC3C[C@@H]32)C1=O)N(C)C(=O)[C@@H]1OC[C@@H]1c1ccccc1. The number of hydrogen-bond donors (Lipinski definition) is 3. The van der Waals surface area contributed by atoms with E-state index >= 15 is 4.79 Å². The van der Waals surface area contributed by atoms with E-state index in [4.69, 9.17) is 19.2 Å². The van der Waals surface area contributed by atoms with Crippen molar-refractivity contribution in [2.24, 2.45) is 23.2 Å². The van der Waals surface area contributed by atoms with E-state index in [1.165, 1.54) is 29.2 Å². The number of ether oxygens (including phenoxy) is 3. The molecule has 0 spiro atoms. The molecule has 0 radical (unpaired) electrons. The predicted molar refractivity (Wildman–Crippen MR) is 304 cm³/mol. The molecule has 6 bridgehead atoms. The van der Waals surface area contributed by atoms with Crippen LogP contribution in [0.3, 0.4) is 0 Å². The molecule has 5 fully saturated rings. The molecule has 3 N–H and O–H groups in total. The number of phenolic OH excluding ortho intramolecular Hbond substituents is 1. The molecule has 1 unspecified atom stereocenters. The lowest BCUT2D eigenvalue weighted by Gasteiger charge is -2.43. The molecule has 2 saturated carbocycles. The molecule has 79 heavy (non-hydrogen) atoms. The van der Waals surface area contributed by atoms with Gasteiger partial charge in [0.2, 0.25) is 5.91 Å². The Morgan fingerprint density at radius 3 is 2.48 bits per heavy atom. The van der Waals surface area contributed by atoms with Gasteiger partial charge in [0, 0.05) is 99.6 Å². The Bertz CT molecular complexity index is 3130. The molecule has 418 valence electrons. The lowest BCUT2D eigenvalue weighted by Crippen LogP contribution is -2.63. The van der Waals surface area contributed by atoms with Crippen LogP contribution in [0.2, 0.25) is 0 Å². The van der Waals surface area contributed by atoms with E-state index in [9.17, 15) is 19.5 Å². The van der Waals surface area contributed by atoms with Crippen LogP contribution in [0.5, 0.6) is 5.75 Å². The summed E-state index contributed by atoms with van der Waals surface area (Å²) < 4.78 is 20.6. The number of benzene rings is 3. The van der Waals surface area contributed by atoms with E-state index in [1.807, 2.05) is 56.4 Å². The van der Waals surface area contributed by atoms with Crippen LogP contribution in [-0.4, -0.2) is 144 Å². The normalized spacial score (nSPS) is 25.4. The number of cyclic esters (lactones) is 1. The lowest BCUT2D eigenvalue weighted by molar-refractivity contribution is -0.164. The van der Waals surface area contributed by atoms with Crippen molar-refractivity contribution in [1.82, 2.24) is 35.1 Å². The number of hydrogen-bond acceptors (Lipinski definition) is 12. The Morgan fingerprint density at radius 1 is 1.03 bits per heavy atom. The number of phenols is 1. The summed E-state index contributed by atoms with van der Waals surface area (Å²) in [6.45, 7) is 19.6. The van der Waals surface area contributed by atoms with Crippen molar-refractivity contribution >= 4 is 40.3 Å². The van der Waals surface area contributed by atoms with Crippen LogP contribution in [0.25, 0.3) is 33.3 Å². The van der Waals surface area contributed by atoms with E-state index in [0.29, 0.717) is 37.7 Å². The maximum atomic E-state index is 15.1. The first-order valence-electron chi connectivity index (χ1n) is 28.7. The summed E-state index contributed by atoms with van der Waals surface area (Å²) in [7, 11) is 3.31. The Morgan fingerprint density at radius 2 is 1.80 bits per heavy atom. The number of aromatic hydroxyl groups is 1. The first kappa shape index (κ1) is 54.4. The third-order valence-electron chi connectivity index (χ3n) is 18.1. The minimum atomic E-state index is -1.19. The van der Waals surface area contributed by atoms with Crippen LogP contribution in [-0.2, 0) is 52.8 Å². The van der Waals surface area contributed by atoms with Crippen LogP contribution in [0, 0.1) is 23.2 Å². The number of carbonyl (C=O) groups excluding carboxylic acids is 4. The number of esters is 1. The molecule has 9 atom stereocenters. The Labute approximate surface area is 464 Å². The molecule has 16 nitrogen and oxygen atoms in total. The van der Waals surface area contributed by atoms with Gasteiger partial charge in [-0.25, -0.2) is 5.43 Å². The molecule has 3 aromatic carbocycles. The quantitative estimate of drug-likeness (QED) is 0.0773. The topological polar surface area (TPSA) is 171 Å². The molecule has 2 aromatic heterocycles. The first-order valence-corrected chi connectivity index (χ1v) is 28.7. The van der Waals surface area contributed by atoms with Crippen molar-refractivity contribution in [3.05, 3.63) is 114 Å². The Balaban J connectivity index is 0.982. The fraction of sp³-hybridized carbons (Fsp3) is 0.508. The molecule has 2 aliphatic carbocycles.